The largest absolute Gasteiger partial charge is 0.459 e. The lowest BCUT2D eigenvalue weighted by Gasteiger charge is -2.30. The summed E-state index contributed by atoms with van der Waals surface area (Å²) in [5.74, 6) is 5.86. The number of carbonyl (C=O) groups is 1. The molecule has 0 aromatic carbocycles. The van der Waals surface area contributed by atoms with Crippen LogP contribution in [0.15, 0.2) is 16.7 Å². The quantitative estimate of drug-likeness (QED) is 0.457. The van der Waals surface area contributed by atoms with Gasteiger partial charge in [0.25, 0.3) is 0 Å². The van der Waals surface area contributed by atoms with Crippen molar-refractivity contribution >= 4 is 5.91 Å². The Morgan fingerprint density at radius 2 is 2.41 bits per heavy atom. The molecule has 1 saturated carbocycles. The van der Waals surface area contributed by atoms with E-state index in [1.807, 2.05) is 6.07 Å². The molecule has 1 aromatic rings. The highest BCUT2D eigenvalue weighted by Crippen LogP contribution is 2.27. The Morgan fingerprint density at radius 1 is 1.65 bits per heavy atom. The predicted molar refractivity (Wildman–Crippen MR) is 64.0 cm³/mol. The molecule has 0 spiro atoms. The Balaban J connectivity index is 1.92. The maximum Gasteiger partial charge on any atom is 0.301 e. The van der Waals surface area contributed by atoms with E-state index in [1.165, 1.54) is 25.5 Å². The summed E-state index contributed by atoms with van der Waals surface area (Å²) in [7, 11) is 2.06. The van der Waals surface area contributed by atoms with Crippen molar-refractivity contribution < 1.29 is 9.21 Å². The molecule has 1 aliphatic rings. The first kappa shape index (κ1) is 12.1. The van der Waals surface area contributed by atoms with Crippen LogP contribution in [0.2, 0.25) is 0 Å². The third kappa shape index (κ3) is 2.87. The van der Waals surface area contributed by atoms with E-state index in [2.05, 4.69) is 17.4 Å². The van der Waals surface area contributed by atoms with E-state index in [0.29, 0.717) is 5.76 Å². The third-order valence-electron chi connectivity index (χ3n) is 3.32. The van der Waals surface area contributed by atoms with Gasteiger partial charge in [-0.2, -0.15) is 0 Å². The van der Waals surface area contributed by atoms with E-state index in [0.717, 1.165) is 24.6 Å². The van der Waals surface area contributed by atoms with Crippen LogP contribution in [-0.4, -0.2) is 24.4 Å². The number of amides is 1. The summed E-state index contributed by atoms with van der Waals surface area (Å²) in [6.45, 7) is 1.80. The average Bonchev–Trinajstić information content (AvgIpc) is 2.70. The standard InChI is InChI=1S/C12H19N3O2/c1-15(7-9-3-2-4-9)8-10-5-6-17-11(10)12(16)14-13/h5-6,9H,2-4,7-8,13H2,1H3,(H,14,16). The van der Waals surface area contributed by atoms with Crippen molar-refractivity contribution in [2.75, 3.05) is 13.6 Å². The summed E-state index contributed by atoms with van der Waals surface area (Å²) in [6.07, 6.45) is 5.53. The Labute approximate surface area is 101 Å². The number of rotatable bonds is 5. The molecule has 1 heterocycles. The number of hydrazine groups is 1. The number of furan rings is 1. The predicted octanol–water partition coefficient (Wildman–Crippen LogP) is 1.11. The van der Waals surface area contributed by atoms with Gasteiger partial charge in [-0.3, -0.25) is 10.2 Å². The van der Waals surface area contributed by atoms with Gasteiger partial charge in [-0.05, 0) is 31.9 Å². The zero-order valence-corrected chi connectivity index (χ0v) is 10.1. The molecule has 1 aromatic heterocycles. The molecule has 2 rings (SSSR count). The smallest absolute Gasteiger partial charge is 0.301 e. The van der Waals surface area contributed by atoms with Gasteiger partial charge in [-0.15, -0.1) is 0 Å². The molecule has 1 aliphatic carbocycles. The summed E-state index contributed by atoms with van der Waals surface area (Å²) < 4.78 is 5.14. The van der Waals surface area contributed by atoms with Crippen molar-refractivity contribution in [3.8, 4) is 0 Å². The molecule has 5 nitrogen and oxygen atoms in total. The van der Waals surface area contributed by atoms with Crippen molar-refractivity contribution in [2.24, 2.45) is 11.8 Å². The number of hydrogen-bond donors (Lipinski definition) is 2. The van der Waals surface area contributed by atoms with E-state index in [4.69, 9.17) is 10.3 Å². The van der Waals surface area contributed by atoms with Crippen molar-refractivity contribution in [2.45, 2.75) is 25.8 Å². The van der Waals surface area contributed by atoms with Crippen LogP contribution in [0.3, 0.4) is 0 Å². The van der Waals surface area contributed by atoms with E-state index in [-0.39, 0.29) is 5.91 Å². The number of carbonyl (C=O) groups excluding carboxylic acids is 1. The molecule has 94 valence electrons. The highest BCUT2D eigenvalue weighted by Gasteiger charge is 2.21. The Hall–Kier alpha value is -1.33. The second-order valence-corrected chi connectivity index (χ2v) is 4.74. The minimum Gasteiger partial charge on any atom is -0.459 e. The third-order valence-corrected chi connectivity index (χ3v) is 3.32. The summed E-state index contributed by atoms with van der Waals surface area (Å²) in [4.78, 5) is 13.6. The molecule has 0 radical (unpaired) electrons. The Bertz CT molecular complexity index is 385. The van der Waals surface area contributed by atoms with Crippen LogP contribution in [0, 0.1) is 5.92 Å². The molecular formula is C12H19N3O2. The second kappa shape index (κ2) is 5.33. The fourth-order valence-electron chi connectivity index (χ4n) is 2.20. The minimum absolute atomic E-state index is 0.313. The number of nitrogens with two attached hydrogens (primary N) is 1. The number of nitrogens with one attached hydrogen (secondary N) is 1. The van der Waals surface area contributed by atoms with Crippen molar-refractivity contribution in [3.05, 3.63) is 23.7 Å². The van der Waals surface area contributed by atoms with Crippen LogP contribution >= 0.6 is 0 Å². The van der Waals surface area contributed by atoms with E-state index in [1.54, 1.807) is 0 Å². The fourth-order valence-corrected chi connectivity index (χ4v) is 2.20. The molecule has 0 bridgehead atoms. The summed E-state index contributed by atoms with van der Waals surface area (Å²) in [5.41, 5.74) is 2.98. The van der Waals surface area contributed by atoms with Gasteiger partial charge in [0, 0.05) is 18.7 Å². The number of hydrogen-bond acceptors (Lipinski definition) is 4. The van der Waals surface area contributed by atoms with Crippen LogP contribution in [0.5, 0.6) is 0 Å². The lowest BCUT2D eigenvalue weighted by Crippen LogP contribution is -2.32. The van der Waals surface area contributed by atoms with Crippen LogP contribution in [-0.2, 0) is 6.54 Å². The SMILES string of the molecule is CN(Cc1ccoc1C(=O)NN)CC1CCC1. The van der Waals surface area contributed by atoms with E-state index >= 15 is 0 Å². The summed E-state index contributed by atoms with van der Waals surface area (Å²) in [5, 5.41) is 0. The van der Waals surface area contributed by atoms with E-state index < -0.39 is 0 Å². The lowest BCUT2D eigenvalue weighted by molar-refractivity contribution is 0.0923. The minimum atomic E-state index is -0.373. The molecule has 0 unspecified atom stereocenters. The molecule has 3 N–H and O–H groups in total. The normalized spacial score (nSPS) is 15.9. The van der Waals surface area contributed by atoms with Gasteiger partial charge in [0.2, 0.25) is 0 Å². The molecule has 0 atom stereocenters. The van der Waals surface area contributed by atoms with Gasteiger partial charge in [0.15, 0.2) is 5.76 Å². The maximum atomic E-state index is 11.4. The number of nitrogens with zero attached hydrogens (tertiary/aromatic N) is 1. The van der Waals surface area contributed by atoms with Gasteiger partial charge in [-0.1, -0.05) is 6.42 Å². The molecular weight excluding hydrogens is 218 g/mol. The highest BCUT2D eigenvalue weighted by atomic mass is 16.3. The average molecular weight is 237 g/mol. The molecule has 1 fully saturated rings. The monoisotopic (exact) mass is 237 g/mol. The van der Waals surface area contributed by atoms with Crippen molar-refractivity contribution in [1.29, 1.82) is 0 Å². The first-order chi connectivity index (χ1) is 8.20. The van der Waals surface area contributed by atoms with Crippen LogP contribution in [0.25, 0.3) is 0 Å². The lowest BCUT2D eigenvalue weighted by atomic mass is 9.85. The van der Waals surface area contributed by atoms with Crippen molar-refractivity contribution in [1.82, 2.24) is 10.3 Å². The Kier molecular flexibility index (Phi) is 3.81. The van der Waals surface area contributed by atoms with Crippen LogP contribution < -0.4 is 11.3 Å². The molecule has 17 heavy (non-hydrogen) atoms. The summed E-state index contributed by atoms with van der Waals surface area (Å²) in [6, 6.07) is 1.82. The first-order valence-corrected chi connectivity index (χ1v) is 5.96. The molecule has 1 amide bonds. The van der Waals surface area contributed by atoms with Gasteiger partial charge in [-0.25, -0.2) is 5.84 Å². The van der Waals surface area contributed by atoms with Crippen LogP contribution in [0.1, 0.15) is 35.4 Å². The highest BCUT2D eigenvalue weighted by molar-refractivity contribution is 5.92. The zero-order chi connectivity index (χ0) is 12.3. The summed E-state index contributed by atoms with van der Waals surface area (Å²) >= 11 is 0. The van der Waals surface area contributed by atoms with Gasteiger partial charge in [0.1, 0.15) is 0 Å². The zero-order valence-electron chi connectivity index (χ0n) is 10.1. The molecule has 0 aliphatic heterocycles. The molecule has 0 saturated heterocycles. The van der Waals surface area contributed by atoms with Crippen LogP contribution in [0.4, 0.5) is 0 Å². The van der Waals surface area contributed by atoms with Crippen molar-refractivity contribution in [3.63, 3.8) is 0 Å². The van der Waals surface area contributed by atoms with Gasteiger partial charge < -0.3 is 9.32 Å². The topological polar surface area (TPSA) is 71.5 Å². The van der Waals surface area contributed by atoms with E-state index in [9.17, 15) is 4.79 Å². The second-order valence-electron chi connectivity index (χ2n) is 4.74. The number of nitrogen functional groups attached to an aromatic ring is 1. The van der Waals surface area contributed by atoms with Gasteiger partial charge in [0.05, 0.1) is 6.26 Å². The Morgan fingerprint density at radius 3 is 3.00 bits per heavy atom. The molecule has 5 heteroatoms. The maximum absolute atomic E-state index is 11.4. The van der Waals surface area contributed by atoms with Gasteiger partial charge >= 0.3 is 5.91 Å². The first-order valence-electron chi connectivity index (χ1n) is 5.96. The fraction of sp³-hybridized carbons (Fsp3) is 0.583.